The molecule has 2 aliphatic rings. The summed E-state index contributed by atoms with van der Waals surface area (Å²) in [7, 11) is 0. The van der Waals surface area contributed by atoms with Crippen LogP contribution in [0.5, 0.6) is 0 Å². The predicted molar refractivity (Wildman–Crippen MR) is 118 cm³/mol. The third-order valence-corrected chi connectivity index (χ3v) is 6.46. The summed E-state index contributed by atoms with van der Waals surface area (Å²) in [5.41, 5.74) is 2.04. The van der Waals surface area contributed by atoms with E-state index in [0.717, 1.165) is 30.5 Å². The van der Waals surface area contributed by atoms with Crippen LogP contribution in [0.25, 0.3) is 17.2 Å². The van der Waals surface area contributed by atoms with Crippen molar-refractivity contribution in [3.8, 4) is 11.6 Å². The molecule has 0 saturated carbocycles. The second-order valence-electron chi connectivity index (χ2n) is 9.65. The number of nitrogens with zero attached hydrogens (tertiary/aromatic N) is 4. The standard InChI is InChI=1S/C24H29F3N4O2/c1-5-31-19-13-23(3,4)11-10-17(19)20(29-31)22-28-21(30-33-22)16-9-8-15(7-6-14(2)32)12-18(16)24(25,26)27/h9,12,15,32H,2,5-8,10-11,13H2,1,3-4H3. The van der Waals surface area contributed by atoms with E-state index in [-0.39, 0.29) is 40.8 Å². The summed E-state index contributed by atoms with van der Waals surface area (Å²) in [6, 6.07) is 0. The molecule has 9 heteroatoms. The maximum Gasteiger partial charge on any atom is 0.416 e. The molecule has 6 nitrogen and oxygen atoms in total. The Morgan fingerprint density at radius 2 is 2.12 bits per heavy atom. The second-order valence-corrected chi connectivity index (χ2v) is 9.65. The smallest absolute Gasteiger partial charge is 0.416 e. The fourth-order valence-electron chi connectivity index (χ4n) is 4.65. The Morgan fingerprint density at radius 1 is 1.36 bits per heavy atom. The maximum absolute atomic E-state index is 13.8. The lowest BCUT2D eigenvalue weighted by molar-refractivity contribution is -0.0878. The van der Waals surface area contributed by atoms with Crippen molar-refractivity contribution in [2.45, 2.75) is 72.0 Å². The molecule has 1 unspecified atom stereocenters. The summed E-state index contributed by atoms with van der Waals surface area (Å²) in [4.78, 5) is 4.34. The molecule has 2 aliphatic carbocycles. The fraction of sp³-hybridized carbons (Fsp3) is 0.542. The van der Waals surface area contributed by atoms with Crippen LogP contribution in [0, 0.1) is 11.3 Å². The zero-order valence-electron chi connectivity index (χ0n) is 19.2. The molecule has 0 radical (unpaired) electrons. The van der Waals surface area contributed by atoms with Crippen LogP contribution >= 0.6 is 0 Å². The number of alkyl halides is 3. The largest absolute Gasteiger partial charge is 0.513 e. The molecule has 2 aromatic heterocycles. The van der Waals surface area contributed by atoms with Crippen LogP contribution in [0.1, 0.15) is 63.5 Å². The highest BCUT2D eigenvalue weighted by molar-refractivity contribution is 5.78. The van der Waals surface area contributed by atoms with Gasteiger partial charge in [0.15, 0.2) is 5.69 Å². The van der Waals surface area contributed by atoms with Gasteiger partial charge in [0.25, 0.3) is 5.89 Å². The number of hydrogen-bond donors (Lipinski definition) is 1. The van der Waals surface area contributed by atoms with E-state index in [4.69, 9.17) is 4.52 Å². The molecule has 0 bridgehead atoms. The van der Waals surface area contributed by atoms with Crippen LogP contribution in [0.15, 0.2) is 34.6 Å². The lowest BCUT2D eigenvalue weighted by atomic mass is 9.76. The molecule has 178 valence electrons. The van der Waals surface area contributed by atoms with Crippen molar-refractivity contribution in [2.24, 2.45) is 11.3 Å². The summed E-state index contributed by atoms with van der Waals surface area (Å²) in [5.74, 6) is -0.326. The summed E-state index contributed by atoms with van der Waals surface area (Å²) in [6.45, 7) is 10.5. The minimum absolute atomic E-state index is 0.0345. The van der Waals surface area contributed by atoms with E-state index in [1.807, 2.05) is 11.6 Å². The van der Waals surface area contributed by atoms with Gasteiger partial charge < -0.3 is 9.63 Å². The Bertz CT molecular complexity index is 1120. The molecule has 33 heavy (non-hydrogen) atoms. The first kappa shape index (κ1) is 23.3. The number of fused-ring (bicyclic) bond motifs is 1. The Labute approximate surface area is 190 Å². The number of hydrogen-bond acceptors (Lipinski definition) is 5. The Balaban J connectivity index is 1.66. The Morgan fingerprint density at radius 3 is 2.79 bits per heavy atom. The third kappa shape index (κ3) is 4.77. The van der Waals surface area contributed by atoms with Gasteiger partial charge in [-0.2, -0.15) is 23.3 Å². The van der Waals surface area contributed by atoms with Crippen LogP contribution in [-0.2, 0) is 19.4 Å². The number of aliphatic hydroxyl groups is 1. The molecular weight excluding hydrogens is 433 g/mol. The van der Waals surface area contributed by atoms with Crippen molar-refractivity contribution < 1.29 is 22.8 Å². The normalized spacial score (nSPS) is 20.2. The van der Waals surface area contributed by atoms with Gasteiger partial charge in [-0.25, -0.2) is 0 Å². The van der Waals surface area contributed by atoms with Gasteiger partial charge in [-0.05, 0) is 50.4 Å². The number of halogens is 3. The number of allylic oxidation sites excluding steroid dienone is 5. The molecule has 0 saturated heterocycles. The van der Waals surface area contributed by atoms with Gasteiger partial charge in [-0.15, -0.1) is 0 Å². The molecule has 0 aromatic carbocycles. The lowest BCUT2D eigenvalue weighted by Crippen LogP contribution is -2.24. The molecular formula is C24H29F3N4O2. The Kier molecular flexibility index (Phi) is 6.01. The first-order valence-electron chi connectivity index (χ1n) is 11.3. The SMILES string of the molecule is C=C(O)CCC1C=C(C(F)(F)F)C(c2noc(-c3nn(CC)c4c3CCC(C)(C)C4)n2)=CC1. The van der Waals surface area contributed by atoms with Gasteiger partial charge in [-0.3, -0.25) is 4.68 Å². The van der Waals surface area contributed by atoms with E-state index in [0.29, 0.717) is 25.1 Å². The average molecular weight is 463 g/mol. The monoisotopic (exact) mass is 462 g/mol. The molecule has 0 aliphatic heterocycles. The van der Waals surface area contributed by atoms with Crippen molar-refractivity contribution in [1.29, 1.82) is 0 Å². The van der Waals surface area contributed by atoms with Crippen molar-refractivity contribution >= 4 is 5.57 Å². The second kappa shape index (κ2) is 8.50. The van der Waals surface area contributed by atoms with E-state index < -0.39 is 11.7 Å². The first-order chi connectivity index (χ1) is 15.5. The molecule has 2 aromatic rings. The lowest BCUT2D eigenvalue weighted by Gasteiger charge is -2.30. The number of aromatic nitrogens is 4. The van der Waals surface area contributed by atoms with Gasteiger partial charge >= 0.3 is 6.18 Å². The average Bonchev–Trinajstić information content (AvgIpc) is 3.35. The molecule has 0 spiro atoms. The quantitative estimate of drug-likeness (QED) is 0.516. The van der Waals surface area contributed by atoms with Crippen LogP contribution in [0.2, 0.25) is 0 Å². The Hall–Kier alpha value is -2.84. The number of aryl methyl sites for hydroxylation is 1. The third-order valence-electron chi connectivity index (χ3n) is 6.46. The van der Waals surface area contributed by atoms with Gasteiger partial charge in [0, 0.05) is 29.8 Å². The van der Waals surface area contributed by atoms with E-state index in [9.17, 15) is 18.3 Å². The zero-order chi connectivity index (χ0) is 24.0. The van der Waals surface area contributed by atoms with Crippen molar-refractivity contribution in [3.63, 3.8) is 0 Å². The van der Waals surface area contributed by atoms with Gasteiger partial charge in [0.05, 0.1) is 11.3 Å². The highest BCUT2D eigenvalue weighted by atomic mass is 19.4. The summed E-state index contributed by atoms with van der Waals surface area (Å²) >= 11 is 0. The van der Waals surface area contributed by atoms with Crippen molar-refractivity contribution in [3.05, 3.63) is 47.1 Å². The highest BCUT2D eigenvalue weighted by Crippen LogP contribution is 2.42. The molecule has 2 heterocycles. The van der Waals surface area contributed by atoms with Gasteiger partial charge in [-0.1, -0.05) is 37.7 Å². The zero-order valence-corrected chi connectivity index (χ0v) is 19.2. The van der Waals surface area contributed by atoms with Crippen molar-refractivity contribution in [1.82, 2.24) is 19.9 Å². The minimum Gasteiger partial charge on any atom is -0.513 e. The summed E-state index contributed by atoms with van der Waals surface area (Å²) in [6.07, 6.45) is 1.84. The minimum atomic E-state index is -4.56. The van der Waals surface area contributed by atoms with Crippen LogP contribution in [-0.4, -0.2) is 31.2 Å². The van der Waals surface area contributed by atoms with E-state index >= 15 is 0 Å². The highest BCUT2D eigenvalue weighted by Gasteiger charge is 2.40. The molecule has 0 fully saturated rings. The summed E-state index contributed by atoms with van der Waals surface area (Å²) < 4.78 is 48.9. The molecule has 0 amide bonds. The maximum atomic E-state index is 13.8. The van der Waals surface area contributed by atoms with E-state index in [1.54, 1.807) is 0 Å². The van der Waals surface area contributed by atoms with Gasteiger partial charge in [0.1, 0.15) is 0 Å². The van der Waals surface area contributed by atoms with Crippen LogP contribution in [0.3, 0.4) is 0 Å². The van der Waals surface area contributed by atoms with Crippen LogP contribution in [0.4, 0.5) is 13.2 Å². The fourth-order valence-corrected chi connectivity index (χ4v) is 4.65. The van der Waals surface area contributed by atoms with E-state index in [1.165, 1.54) is 12.2 Å². The van der Waals surface area contributed by atoms with E-state index in [2.05, 4.69) is 35.7 Å². The molecule has 1 N–H and O–H groups in total. The number of rotatable bonds is 6. The molecule has 1 atom stereocenters. The van der Waals surface area contributed by atoms with Crippen molar-refractivity contribution in [2.75, 3.05) is 0 Å². The topological polar surface area (TPSA) is 77.0 Å². The first-order valence-corrected chi connectivity index (χ1v) is 11.3. The van der Waals surface area contributed by atoms with Crippen LogP contribution < -0.4 is 0 Å². The molecule has 4 rings (SSSR count). The predicted octanol–water partition coefficient (Wildman–Crippen LogP) is 6.21. The number of aliphatic hydroxyl groups excluding tert-OH is 1. The summed E-state index contributed by atoms with van der Waals surface area (Å²) in [5, 5.41) is 17.8. The van der Waals surface area contributed by atoms with Gasteiger partial charge in [0.2, 0.25) is 5.82 Å².